The molecular weight excluding hydrogens is 597 g/mol. The van der Waals surface area contributed by atoms with E-state index in [0.717, 1.165) is 68.1 Å². The lowest BCUT2D eigenvalue weighted by atomic mass is 9.48. The Bertz CT molecular complexity index is 2180. The van der Waals surface area contributed by atoms with E-state index in [0.29, 0.717) is 5.41 Å². The maximum Gasteiger partial charge on any atom is 0.137 e. The van der Waals surface area contributed by atoms with E-state index in [9.17, 15) is 0 Å². The molecule has 4 saturated carbocycles. The van der Waals surface area contributed by atoms with E-state index in [1.807, 2.05) is 0 Å². The van der Waals surface area contributed by atoms with E-state index in [2.05, 4.69) is 161 Å². The van der Waals surface area contributed by atoms with Gasteiger partial charge in [0.15, 0.2) is 0 Å². The molecule has 4 fully saturated rings. The Kier molecular flexibility index (Phi) is 6.69. The molecule has 0 unspecified atom stereocenters. The Morgan fingerprint density at radius 3 is 1.39 bits per heavy atom. The first-order valence-electron chi connectivity index (χ1n) is 18.0. The summed E-state index contributed by atoms with van der Waals surface area (Å²) < 4.78 is 6.57. The second-order valence-electron chi connectivity index (χ2n) is 14.9. The normalized spacial score (nSPS) is 22.5. The van der Waals surface area contributed by atoms with Gasteiger partial charge in [-0.25, -0.2) is 0 Å². The summed E-state index contributed by atoms with van der Waals surface area (Å²) in [6.07, 6.45) is 8.59. The van der Waals surface area contributed by atoms with Crippen LogP contribution < -0.4 is 9.80 Å². The molecule has 0 aliphatic heterocycles. The van der Waals surface area contributed by atoms with Crippen molar-refractivity contribution >= 4 is 56.1 Å². The van der Waals surface area contributed by atoms with Gasteiger partial charge in [-0.15, -0.1) is 0 Å². The van der Waals surface area contributed by atoms with Crippen LogP contribution in [0, 0.1) is 17.8 Å². The van der Waals surface area contributed by atoms with Gasteiger partial charge < -0.3 is 14.2 Å². The molecule has 1 aromatic heterocycles. The molecule has 0 atom stereocenters. The molecule has 4 aliphatic rings. The van der Waals surface area contributed by atoms with Gasteiger partial charge in [-0.05, 0) is 146 Å². The third-order valence-electron chi connectivity index (χ3n) is 11.8. The number of rotatable bonds is 7. The molecule has 1 heterocycles. The van der Waals surface area contributed by atoms with Crippen molar-refractivity contribution in [1.82, 2.24) is 0 Å². The summed E-state index contributed by atoms with van der Waals surface area (Å²) in [5.41, 5.74) is 10.5. The number of nitrogens with zero attached hydrogens (tertiary/aromatic N) is 2. The molecule has 0 amide bonds. The summed E-state index contributed by atoms with van der Waals surface area (Å²) in [6, 6.07) is 54.7. The zero-order chi connectivity index (χ0) is 32.4. The summed E-state index contributed by atoms with van der Waals surface area (Å²) in [4.78, 5) is 4.67. The van der Waals surface area contributed by atoms with Crippen LogP contribution in [0.3, 0.4) is 0 Å². The topological polar surface area (TPSA) is 19.6 Å². The maximum atomic E-state index is 6.57. The quantitative estimate of drug-likeness (QED) is 0.174. The van der Waals surface area contributed by atoms with Gasteiger partial charge >= 0.3 is 0 Å². The van der Waals surface area contributed by atoms with Crippen LogP contribution in [-0.4, -0.2) is 0 Å². The second-order valence-corrected chi connectivity index (χ2v) is 14.9. The average molecular weight is 637 g/mol. The van der Waals surface area contributed by atoms with Gasteiger partial charge in [0.1, 0.15) is 11.2 Å². The Labute approximate surface area is 288 Å². The molecule has 4 aliphatic carbocycles. The van der Waals surface area contributed by atoms with E-state index < -0.39 is 0 Å². The lowest BCUT2D eigenvalue weighted by Crippen LogP contribution is -2.48. The fraction of sp³-hybridized carbons (Fsp3) is 0.217. The highest BCUT2D eigenvalue weighted by Gasteiger charge is 2.51. The van der Waals surface area contributed by atoms with E-state index in [4.69, 9.17) is 4.42 Å². The van der Waals surface area contributed by atoms with E-state index in [1.54, 1.807) is 5.56 Å². The third-order valence-corrected chi connectivity index (χ3v) is 11.8. The molecule has 240 valence electrons. The van der Waals surface area contributed by atoms with Crippen LogP contribution in [0.25, 0.3) is 21.9 Å². The number of hydrogen-bond donors (Lipinski definition) is 0. The zero-order valence-corrected chi connectivity index (χ0v) is 27.7. The predicted molar refractivity (Wildman–Crippen MR) is 203 cm³/mol. The molecule has 3 heteroatoms. The molecular formula is C46H40N2O. The van der Waals surface area contributed by atoms with Gasteiger partial charge in [0.2, 0.25) is 0 Å². The SMILES string of the molecule is c1ccc(N(c2ccc(C34CC5CC(CC(C5)C3)C4)cc2)c2ccc3c(c2)oc2ccc(N(c4ccccc4)c4ccccc4)cc23)cc1. The summed E-state index contributed by atoms with van der Waals surface area (Å²) in [7, 11) is 0. The van der Waals surface area contributed by atoms with Crippen LogP contribution in [0.1, 0.15) is 44.1 Å². The van der Waals surface area contributed by atoms with E-state index in [1.165, 1.54) is 44.2 Å². The number of para-hydroxylation sites is 3. The van der Waals surface area contributed by atoms with Crippen LogP contribution in [0.2, 0.25) is 0 Å². The van der Waals surface area contributed by atoms with Crippen molar-refractivity contribution in [1.29, 1.82) is 0 Å². The van der Waals surface area contributed by atoms with Gasteiger partial charge in [-0.2, -0.15) is 0 Å². The smallest absolute Gasteiger partial charge is 0.137 e. The first-order chi connectivity index (χ1) is 24.2. The van der Waals surface area contributed by atoms with Gasteiger partial charge in [0.05, 0.1) is 0 Å². The van der Waals surface area contributed by atoms with Crippen LogP contribution in [0.4, 0.5) is 34.1 Å². The number of hydrogen-bond acceptors (Lipinski definition) is 3. The number of fused-ring (bicyclic) bond motifs is 3. The number of furan rings is 1. The fourth-order valence-electron chi connectivity index (χ4n) is 10.1. The molecule has 6 aromatic carbocycles. The summed E-state index contributed by atoms with van der Waals surface area (Å²) >= 11 is 0. The van der Waals surface area contributed by atoms with Crippen molar-refractivity contribution in [2.24, 2.45) is 17.8 Å². The molecule has 11 rings (SSSR count). The highest BCUT2D eigenvalue weighted by Crippen LogP contribution is 2.61. The molecule has 3 nitrogen and oxygen atoms in total. The molecule has 7 aromatic rings. The largest absolute Gasteiger partial charge is 0.456 e. The first-order valence-corrected chi connectivity index (χ1v) is 18.0. The minimum Gasteiger partial charge on any atom is -0.456 e. The Morgan fingerprint density at radius 2 is 0.857 bits per heavy atom. The summed E-state index contributed by atoms with van der Waals surface area (Å²) in [6.45, 7) is 0. The lowest BCUT2D eigenvalue weighted by Gasteiger charge is -2.57. The van der Waals surface area contributed by atoms with Crippen molar-refractivity contribution < 1.29 is 4.42 Å². The predicted octanol–water partition coefficient (Wildman–Crippen LogP) is 13.0. The van der Waals surface area contributed by atoms with Crippen molar-refractivity contribution in [2.45, 2.75) is 43.9 Å². The zero-order valence-electron chi connectivity index (χ0n) is 27.7. The minimum atomic E-state index is 0.396. The van der Waals surface area contributed by atoms with Crippen LogP contribution in [0.15, 0.2) is 156 Å². The maximum absolute atomic E-state index is 6.57. The Hall–Kier alpha value is -5.28. The van der Waals surface area contributed by atoms with Gasteiger partial charge in [0.25, 0.3) is 0 Å². The van der Waals surface area contributed by atoms with E-state index >= 15 is 0 Å². The molecule has 0 radical (unpaired) electrons. The average Bonchev–Trinajstić information content (AvgIpc) is 3.50. The van der Waals surface area contributed by atoms with Crippen molar-refractivity contribution in [2.75, 3.05) is 9.80 Å². The van der Waals surface area contributed by atoms with Crippen LogP contribution >= 0.6 is 0 Å². The van der Waals surface area contributed by atoms with Crippen molar-refractivity contribution in [3.05, 3.63) is 157 Å². The fourth-order valence-corrected chi connectivity index (χ4v) is 10.1. The Morgan fingerprint density at radius 1 is 0.408 bits per heavy atom. The van der Waals surface area contributed by atoms with Crippen LogP contribution in [0.5, 0.6) is 0 Å². The monoisotopic (exact) mass is 636 g/mol. The van der Waals surface area contributed by atoms with E-state index in [-0.39, 0.29) is 0 Å². The highest BCUT2D eigenvalue weighted by molar-refractivity contribution is 6.07. The third kappa shape index (κ3) is 4.94. The molecule has 49 heavy (non-hydrogen) atoms. The van der Waals surface area contributed by atoms with Gasteiger partial charge in [0, 0.05) is 51.0 Å². The molecule has 0 N–H and O–H groups in total. The number of benzene rings is 6. The minimum absolute atomic E-state index is 0.396. The van der Waals surface area contributed by atoms with Gasteiger partial charge in [-0.3, -0.25) is 0 Å². The molecule has 4 bridgehead atoms. The lowest BCUT2D eigenvalue weighted by molar-refractivity contribution is -0.00518. The first kappa shape index (κ1) is 28.7. The van der Waals surface area contributed by atoms with Gasteiger partial charge in [-0.1, -0.05) is 66.7 Å². The standard InChI is InChI=1S/C46H40N2O/c1-4-10-36(11-5-1)47(37-12-6-2-7-13-37)40-21-23-44-43(27-40)42-22-20-41(28-45(42)49-44)48(38-14-8-3-9-15-38)39-18-16-35(17-19-39)46-29-32-24-33(30-46)26-34(25-32)31-46/h1-23,27-28,32-34H,24-26,29-31H2. The summed E-state index contributed by atoms with van der Waals surface area (Å²) in [5, 5.41) is 2.23. The summed E-state index contributed by atoms with van der Waals surface area (Å²) in [5.74, 6) is 2.83. The highest BCUT2D eigenvalue weighted by atomic mass is 16.3. The second kappa shape index (κ2) is 11.4. The molecule has 0 spiro atoms. The van der Waals surface area contributed by atoms with Crippen LogP contribution in [-0.2, 0) is 5.41 Å². The number of anilines is 6. The van der Waals surface area contributed by atoms with Crippen molar-refractivity contribution in [3.8, 4) is 0 Å². The Balaban J connectivity index is 1.03. The molecule has 0 saturated heterocycles. The van der Waals surface area contributed by atoms with Crippen molar-refractivity contribution in [3.63, 3.8) is 0 Å².